The van der Waals surface area contributed by atoms with E-state index in [4.69, 9.17) is 4.74 Å². The third-order valence-electron chi connectivity index (χ3n) is 1.80. The summed E-state index contributed by atoms with van der Waals surface area (Å²) in [6, 6.07) is 7.36. The van der Waals surface area contributed by atoms with E-state index in [0.717, 1.165) is 17.6 Å². The standard InChI is InChI=1S/C10H15NO3S/c1-3-14-10-7-5-4-6-9(10)8-11-15(2,12)13/h4-7,11H,3,8H2,1-2H3. The summed E-state index contributed by atoms with van der Waals surface area (Å²) in [4.78, 5) is 0. The van der Waals surface area contributed by atoms with Crippen LogP contribution >= 0.6 is 0 Å². The summed E-state index contributed by atoms with van der Waals surface area (Å²) in [6.07, 6.45) is 1.14. The molecule has 0 aliphatic carbocycles. The molecule has 0 heterocycles. The Morgan fingerprint density at radius 2 is 2.00 bits per heavy atom. The molecule has 1 rings (SSSR count). The van der Waals surface area contributed by atoms with E-state index in [1.807, 2.05) is 31.2 Å². The average Bonchev–Trinajstić information content (AvgIpc) is 2.16. The molecule has 1 aromatic carbocycles. The monoisotopic (exact) mass is 229 g/mol. The third-order valence-corrected chi connectivity index (χ3v) is 2.47. The molecule has 0 radical (unpaired) electrons. The van der Waals surface area contributed by atoms with Gasteiger partial charge in [0, 0.05) is 12.1 Å². The van der Waals surface area contributed by atoms with Crippen LogP contribution in [0.5, 0.6) is 5.75 Å². The Morgan fingerprint density at radius 3 is 2.60 bits per heavy atom. The van der Waals surface area contributed by atoms with Crippen molar-refractivity contribution >= 4 is 10.0 Å². The molecular formula is C10H15NO3S. The van der Waals surface area contributed by atoms with Gasteiger partial charge in [0.05, 0.1) is 12.9 Å². The van der Waals surface area contributed by atoms with Crippen LogP contribution in [-0.2, 0) is 16.6 Å². The Labute approximate surface area is 90.3 Å². The van der Waals surface area contributed by atoms with Gasteiger partial charge in [-0.2, -0.15) is 0 Å². The van der Waals surface area contributed by atoms with Crippen molar-refractivity contribution in [2.75, 3.05) is 12.9 Å². The lowest BCUT2D eigenvalue weighted by atomic mass is 10.2. The van der Waals surface area contributed by atoms with Gasteiger partial charge in [-0.15, -0.1) is 0 Å². The van der Waals surface area contributed by atoms with Gasteiger partial charge in [0.15, 0.2) is 0 Å². The number of hydrogen-bond acceptors (Lipinski definition) is 3. The molecule has 0 fully saturated rings. The van der Waals surface area contributed by atoms with E-state index in [0.29, 0.717) is 6.61 Å². The molecule has 0 aromatic heterocycles. The molecule has 0 atom stereocenters. The normalized spacial score (nSPS) is 11.3. The predicted octanol–water partition coefficient (Wildman–Crippen LogP) is 1.13. The zero-order chi connectivity index (χ0) is 11.3. The first-order valence-electron chi connectivity index (χ1n) is 4.68. The van der Waals surface area contributed by atoms with E-state index in [1.165, 1.54) is 0 Å². The zero-order valence-corrected chi connectivity index (χ0v) is 9.67. The van der Waals surface area contributed by atoms with Crippen molar-refractivity contribution in [3.05, 3.63) is 29.8 Å². The predicted molar refractivity (Wildman–Crippen MR) is 59.3 cm³/mol. The summed E-state index contributed by atoms with van der Waals surface area (Å²) in [5.41, 5.74) is 0.838. The number of hydrogen-bond donors (Lipinski definition) is 1. The summed E-state index contributed by atoms with van der Waals surface area (Å²) < 4.78 is 29.6. The van der Waals surface area contributed by atoms with Crippen molar-refractivity contribution < 1.29 is 13.2 Å². The highest BCUT2D eigenvalue weighted by Crippen LogP contribution is 2.17. The molecule has 0 unspecified atom stereocenters. The molecule has 4 nitrogen and oxygen atoms in total. The van der Waals surface area contributed by atoms with Gasteiger partial charge < -0.3 is 4.74 Å². The second-order valence-corrected chi connectivity index (χ2v) is 4.97. The summed E-state index contributed by atoms with van der Waals surface area (Å²) in [5.74, 6) is 0.719. The van der Waals surface area contributed by atoms with Crippen LogP contribution in [0.25, 0.3) is 0 Å². The van der Waals surface area contributed by atoms with E-state index in [9.17, 15) is 8.42 Å². The number of rotatable bonds is 5. The molecular weight excluding hydrogens is 214 g/mol. The highest BCUT2D eigenvalue weighted by atomic mass is 32.2. The molecule has 1 N–H and O–H groups in total. The largest absolute Gasteiger partial charge is 0.494 e. The van der Waals surface area contributed by atoms with Gasteiger partial charge in [-0.1, -0.05) is 18.2 Å². The van der Waals surface area contributed by atoms with Gasteiger partial charge in [-0.3, -0.25) is 0 Å². The smallest absolute Gasteiger partial charge is 0.209 e. The van der Waals surface area contributed by atoms with Crippen molar-refractivity contribution in [3.8, 4) is 5.75 Å². The fourth-order valence-electron chi connectivity index (χ4n) is 1.16. The maximum atomic E-state index is 10.9. The van der Waals surface area contributed by atoms with Crippen LogP contribution in [0.15, 0.2) is 24.3 Å². The first kappa shape index (κ1) is 12.0. The van der Waals surface area contributed by atoms with Gasteiger partial charge in [-0.25, -0.2) is 13.1 Å². The lowest BCUT2D eigenvalue weighted by Gasteiger charge is -2.09. The molecule has 0 aliphatic rings. The summed E-state index contributed by atoms with van der Waals surface area (Å²) in [7, 11) is -3.16. The van der Waals surface area contributed by atoms with Crippen molar-refractivity contribution in [1.29, 1.82) is 0 Å². The summed E-state index contributed by atoms with van der Waals surface area (Å²) in [5, 5.41) is 0. The van der Waals surface area contributed by atoms with Crippen LogP contribution in [-0.4, -0.2) is 21.3 Å². The Morgan fingerprint density at radius 1 is 1.33 bits per heavy atom. The first-order valence-corrected chi connectivity index (χ1v) is 6.57. The molecule has 5 heteroatoms. The van der Waals surface area contributed by atoms with Crippen LogP contribution < -0.4 is 9.46 Å². The maximum Gasteiger partial charge on any atom is 0.209 e. The van der Waals surface area contributed by atoms with Crippen molar-refractivity contribution in [3.63, 3.8) is 0 Å². The quantitative estimate of drug-likeness (QED) is 0.823. The van der Waals surface area contributed by atoms with Crippen LogP contribution in [0, 0.1) is 0 Å². The molecule has 0 bridgehead atoms. The van der Waals surface area contributed by atoms with Crippen LogP contribution in [0.2, 0.25) is 0 Å². The van der Waals surface area contributed by atoms with Crippen LogP contribution in [0.3, 0.4) is 0 Å². The number of nitrogens with one attached hydrogen (secondary N) is 1. The first-order chi connectivity index (χ1) is 7.03. The highest BCUT2D eigenvalue weighted by Gasteiger charge is 2.05. The lowest BCUT2D eigenvalue weighted by Crippen LogP contribution is -2.21. The number of ether oxygens (including phenoxy) is 1. The van der Waals surface area contributed by atoms with E-state index in [-0.39, 0.29) is 6.54 Å². The Bertz CT molecular complexity index is 414. The van der Waals surface area contributed by atoms with E-state index < -0.39 is 10.0 Å². The minimum absolute atomic E-state index is 0.259. The van der Waals surface area contributed by atoms with Gasteiger partial charge in [0.2, 0.25) is 10.0 Å². The number of para-hydroxylation sites is 1. The third kappa shape index (κ3) is 4.31. The minimum atomic E-state index is -3.16. The molecule has 0 saturated heterocycles. The van der Waals surface area contributed by atoms with Crippen LogP contribution in [0.4, 0.5) is 0 Å². The molecule has 84 valence electrons. The Hall–Kier alpha value is -1.07. The van der Waals surface area contributed by atoms with Gasteiger partial charge in [0.1, 0.15) is 5.75 Å². The topological polar surface area (TPSA) is 55.4 Å². The zero-order valence-electron chi connectivity index (χ0n) is 8.86. The molecule has 1 aromatic rings. The molecule has 0 spiro atoms. The fraction of sp³-hybridized carbons (Fsp3) is 0.400. The van der Waals surface area contributed by atoms with Crippen LogP contribution in [0.1, 0.15) is 12.5 Å². The van der Waals surface area contributed by atoms with Gasteiger partial charge in [-0.05, 0) is 13.0 Å². The van der Waals surface area contributed by atoms with E-state index >= 15 is 0 Å². The summed E-state index contributed by atoms with van der Waals surface area (Å²) in [6.45, 7) is 2.71. The van der Waals surface area contributed by atoms with Crippen molar-refractivity contribution in [2.45, 2.75) is 13.5 Å². The SMILES string of the molecule is CCOc1ccccc1CNS(C)(=O)=O. The number of benzene rings is 1. The fourth-order valence-corrected chi connectivity index (χ4v) is 1.57. The van der Waals surface area contributed by atoms with Gasteiger partial charge in [0.25, 0.3) is 0 Å². The van der Waals surface area contributed by atoms with Crippen molar-refractivity contribution in [1.82, 2.24) is 4.72 Å². The Kier molecular flexibility index (Phi) is 4.11. The van der Waals surface area contributed by atoms with Crippen molar-refractivity contribution in [2.24, 2.45) is 0 Å². The van der Waals surface area contributed by atoms with Gasteiger partial charge >= 0.3 is 0 Å². The highest BCUT2D eigenvalue weighted by molar-refractivity contribution is 7.88. The Balaban J connectivity index is 2.75. The van der Waals surface area contributed by atoms with E-state index in [2.05, 4.69) is 4.72 Å². The molecule has 15 heavy (non-hydrogen) atoms. The number of sulfonamides is 1. The second-order valence-electron chi connectivity index (χ2n) is 3.13. The average molecular weight is 229 g/mol. The van der Waals surface area contributed by atoms with E-state index in [1.54, 1.807) is 0 Å². The minimum Gasteiger partial charge on any atom is -0.494 e. The molecule has 0 aliphatic heterocycles. The maximum absolute atomic E-state index is 10.9. The molecule has 0 amide bonds. The lowest BCUT2D eigenvalue weighted by molar-refractivity contribution is 0.336. The molecule has 0 saturated carbocycles. The summed E-state index contributed by atoms with van der Waals surface area (Å²) >= 11 is 0. The second kappa shape index (κ2) is 5.14.